The second-order valence-electron chi connectivity index (χ2n) is 7.03. The predicted octanol–water partition coefficient (Wildman–Crippen LogP) is 0.854. The minimum atomic E-state index is -0.729. The van der Waals surface area contributed by atoms with Crippen molar-refractivity contribution in [1.82, 2.24) is 0 Å². The molecule has 0 heterocycles. The van der Waals surface area contributed by atoms with Crippen LogP contribution in [0.2, 0.25) is 0 Å². The van der Waals surface area contributed by atoms with Crippen molar-refractivity contribution in [2.75, 3.05) is 13.2 Å². The Labute approximate surface area is 123 Å². The summed E-state index contributed by atoms with van der Waals surface area (Å²) in [5.74, 6) is 5.43. The van der Waals surface area contributed by atoms with E-state index in [9.17, 15) is 9.59 Å². The quantitative estimate of drug-likeness (QED) is 0.727. The molecule has 2 atom stereocenters. The fraction of sp³-hybridized carbons (Fsp3) is 0.857. The maximum Gasteiger partial charge on any atom is 0.404 e. The highest BCUT2D eigenvalue weighted by Gasteiger charge is 2.58. The van der Waals surface area contributed by atoms with Crippen LogP contribution in [-0.2, 0) is 19.1 Å². The van der Waals surface area contributed by atoms with Gasteiger partial charge in [0.05, 0.1) is 12.2 Å². The van der Waals surface area contributed by atoms with Crippen LogP contribution in [0.15, 0.2) is 0 Å². The van der Waals surface area contributed by atoms with Gasteiger partial charge in [0.25, 0.3) is 0 Å². The summed E-state index contributed by atoms with van der Waals surface area (Å²) in [6, 6.07) is 0. The molecule has 118 valence electrons. The number of carbonyl (C=O) groups is 2. The van der Waals surface area contributed by atoms with E-state index in [4.69, 9.17) is 21.1 Å². The van der Waals surface area contributed by atoms with Crippen molar-refractivity contribution >= 4 is 12.1 Å². The fourth-order valence-electron chi connectivity index (χ4n) is 5.17. The molecular formula is C14H22N2O5. The van der Waals surface area contributed by atoms with E-state index < -0.39 is 12.1 Å². The highest BCUT2D eigenvalue weighted by Crippen LogP contribution is 2.62. The van der Waals surface area contributed by atoms with Crippen LogP contribution in [0, 0.1) is 17.3 Å². The standard InChI is InChI=1S/C14H22N2O5/c15-12(18)19-8-13-2-9-1-10(3-13)5-14(4-9,7-13)20-6-11(17)21-16/h9-10H,1-8,16H2,(H2,15,18). The molecule has 4 saturated carbocycles. The van der Waals surface area contributed by atoms with Gasteiger partial charge in [0.2, 0.25) is 0 Å². The third kappa shape index (κ3) is 2.85. The lowest BCUT2D eigenvalue weighted by Gasteiger charge is -2.61. The number of primary amides is 1. The average molecular weight is 298 g/mol. The molecular weight excluding hydrogens is 276 g/mol. The largest absolute Gasteiger partial charge is 0.449 e. The van der Waals surface area contributed by atoms with Crippen LogP contribution in [-0.4, -0.2) is 30.9 Å². The van der Waals surface area contributed by atoms with Gasteiger partial charge >= 0.3 is 12.1 Å². The first-order chi connectivity index (χ1) is 9.94. The van der Waals surface area contributed by atoms with Gasteiger partial charge in [-0.05, 0) is 50.4 Å². The number of hydrogen-bond donors (Lipinski definition) is 2. The molecule has 0 aromatic carbocycles. The monoisotopic (exact) mass is 298 g/mol. The van der Waals surface area contributed by atoms with E-state index >= 15 is 0 Å². The van der Waals surface area contributed by atoms with Gasteiger partial charge in [0.15, 0.2) is 0 Å². The average Bonchev–Trinajstić information content (AvgIpc) is 2.41. The molecule has 4 N–H and O–H groups in total. The summed E-state index contributed by atoms with van der Waals surface area (Å²) in [6.07, 6.45) is 5.28. The molecule has 0 spiro atoms. The summed E-state index contributed by atoms with van der Waals surface area (Å²) in [5.41, 5.74) is 4.75. The Morgan fingerprint density at radius 2 is 1.81 bits per heavy atom. The van der Waals surface area contributed by atoms with Gasteiger partial charge < -0.3 is 20.0 Å². The maximum absolute atomic E-state index is 11.2. The van der Waals surface area contributed by atoms with Gasteiger partial charge in [0.1, 0.15) is 6.61 Å². The molecule has 4 fully saturated rings. The summed E-state index contributed by atoms with van der Waals surface area (Å²) in [7, 11) is 0. The summed E-state index contributed by atoms with van der Waals surface area (Å²) < 4.78 is 11.0. The maximum atomic E-state index is 11.2. The third-order valence-electron chi connectivity index (χ3n) is 5.28. The molecule has 7 nitrogen and oxygen atoms in total. The fourth-order valence-corrected chi connectivity index (χ4v) is 5.17. The molecule has 1 amide bonds. The van der Waals surface area contributed by atoms with Crippen LogP contribution in [0.4, 0.5) is 4.79 Å². The van der Waals surface area contributed by atoms with E-state index in [-0.39, 0.29) is 17.6 Å². The highest BCUT2D eigenvalue weighted by molar-refractivity contribution is 5.70. The molecule has 0 saturated heterocycles. The van der Waals surface area contributed by atoms with E-state index in [1.54, 1.807) is 0 Å². The van der Waals surface area contributed by atoms with E-state index in [1.165, 1.54) is 6.42 Å². The molecule has 0 aromatic rings. The Bertz CT molecular complexity index is 439. The first kappa shape index (κ1) is 14.6. The van der Waals surface area contributed by atoms with E-state index in [0.29, 0.717) is 18.4 Å². The number of hydrogen-bond acceptors (Lipinski definition) is 6. The Balaban J connectivity index is 1.71. The topological polar surface area (TPSA) is 114 Å². The molecule has 4 rings (SSSR count). The van der Waals surface area contributed by atoms with E-state index in [1.807, 2.05) is 0 Å². The van der Waals surface area contributed by atoms with Crippen LogP contribution < -0.4 is 11.6 Å². The van der Waals surface area contributed by atoms with Gasteiger partial charge in [-0.1, -0.05) is 0 Å². The lowest BCUT2D eigenvalue weighted by atomic mass is 9.48. The van der Waals surface area contributed by atoms with E-state index in [2.05, 4.69) is 4.84 Å². The van der Waals surface area contributed by atoms with Gasteiger partial charge in [0, 0.05) is 5.41 Å². The number of nitrogens with two attached hydrogens (primary N) is 2. The third-order valence-corrected chi connectivity index (χ3v) is 5.28. The molecule has 0 aliphatic heterocycles. The van der Waals surface area contributed by atoms with Gasteiger partial charge in [-0.25, -0.2) is 9.59 Å². The van der Waals surface area contributed by atoms with Crippen LogP contribution >= 0.6 is 0 Å². The lowest BCUT2D eigenvalue weighted by Crippen LogP contribution is -2.58. The minimum absolute atomic E-state index is 0.0499. The van der Waals surface area contributed by atoms with Crippen LogP contribution in [0.25, 0.3) is 0 Å². The van der Waals surface area contributed by atoms with Gasteiger partial charge in [-0.2, -0.15) is 5.90 Å². The van der Waals surface area contributed by atoms with Crippen LogP contribution in [0.5, 0.6) is 0 Å². The Kier molecular flexibility index (Phi) is 3.57. The minimum Gasteiger partial charge on any atom is -0.449 e. The van der Waals surface area contributed by atoms with Crippen molar-refractivity contribution in [2.24, 2.45) is 28.9 Å². The Morgan fingerprint density at radius 3 is 2.38 bits per heavy atom. The smallest absolute Gasteiger partial charge is 0.404 e. The second kappa shape index (κ2) is 5.14. The summed E-state index contributed by atoms with van der Waals surface area (Å²) in [4.78, 5) is 26.3. The zero-order valence-corrected chi connectivity index (χ0v) is 12.0. The lowest BCUT2D eigenvalue weighted by molar-refractivity contribution is -0.207. The predicted molar refractivity (Wildman–Crippen MR) is 71.6 cm³/mol. The first-order valence-electron chi connectivity index (χ1n) is 7.40. The zero-order valence-electron chi connectivity index (χ0n) is 12.0. The molecule has 7 heteroatoms. The molecule has 0 radical (unpaired) electrons. The SMILES string of the molecule is NOC(=O)COC12CC3CC(CC(COC(N)=O)(C3)C1)C2. The van der Waals surface area contributed by atoms with Crippen molar-refractivity contribution in [3.05, 3.63) is 0 Å². The van der Waals surface area contributed by atoms with Crippen LogP contribution in [0.3, 0.4) is 0 Å². The zero-order chi connectivity index (χ0) is 15.1. The highest BCUT2D eigenvalue weighted by atomic mass is 16.7. The van der Waals surface area contributed by atoms with Crippen molar-refractivity contribution < 1.29 is 23.9 Å². The van der Waals surface area contributed by atoms with Crippen molar-refractivity contribution in [3.63, 3.8) is 0 Å². The van der Waals surface area contributed by atoms with Crippen molar-refractivity contribution in [2.45, 2.75) is 44.1 Å². The van der Waals surface area contributed by atoms with Crippen molar-refractivity contribution in [1.29, 1.82) is 0 Å². The Hall–Kier alpha value is -1.34. The summed E-state index contributed by atoms with van der Waals surface area (Å²) >= 11 is 0. The summed E-state index contributed by atoms with van der Waals surface area (Å²) in [6.45, 7) is 0.227. The van der Waals surface area contributed by atoms with E-state index in [0.717, 1.165) is 32.1 Å². The number of ether oxygens (including phenoxy) is 2. The number of rotatable bonds is 5. The molecule has 4 aliphatic carbocycles. The number of carbonyl (C=O) groups excluding carboxylic acids is 2. The molecule has 4 aliphatic rings. The van der Waals surface area contributed by atoms with Crippen LogP contribution in [0.1, 0.15) is 38.5 Å². The van der Waals surface area contributed by atoms with Gasteiger partial charge in [-0.15, -0.1) is 0 Å². The normalized spacial score (nSPS) is 40.0. The molecule has 21 heavy (non-hydrogen) atoms. The Morgan fingerprint density at radius 1 is 1.14 bits per heavy atom. The molecule has 2 unspecified atom stereocenters. The molecule has 0 aromatic heterocycles. The van der Waals surface area contributed by atoms with Gasteiger partial charge in [-0.3, -0.25) is 0 Å². The second-order valence-corrected chi connectivity index (χ2v) is 7.03. The molecule has 4 bridgehead atoms. The summed E-state index contributed by atoms with van der Waals surface area (Å²) in [5, 5.41) is 0. The number of amides is 1. The first-order valence-corrected chi connectivity index (χ1v) is 7.40. The van der Waals surface area contributed by atoms with Crippen molar-refractivity contribution in [3.8, 4) is 0 Å².